The van der Waals surface area contributed by atoms with Gasteiger partial charge in [0.2, 0.25) is 0 Å². The minimum Gasteiger partial charge on any atom is -0.450 e. The molecule has 4 aliphatic carbocycles. The average Bonchev–Trinajstić information content (AvgIpc) is 2.97. The maximum atomic E-state index is 12.9. The first-order valence-electron chi connectivity index (χ1n) is 11.2. The third-order valence-corrected chi connectivity index (χ3v) is 9.76. The van der Waals surface area contributed by atoms with E-state index in [0.29, 0.717) is 30.6 Å². The van der Waals surface area contributed by atoms with Crippen molar-refractivity contribution in [3.63, 3.8) is 0 Å². The van der Waals surface area contributed by atoms with Crippen molar-refractivity contribution in [1.29, 1.82) is 0 Å². The fourth-order valence-electron chi connectivity index (χ4n) is 7.77. The van der Waals surface area contributed by atoms with Crippen molar-refractivity contribution in [2.24, 2.45) is 28.6 Å². The zero-order valence-electron chi connectivity index (χ0n) is 18.5. The topological polar surface area (TPSA) is 80.7 Å². The molecule has 4 aliphatic rings. The van der Waals surface area contributed by atoms with Crippen LogP contribution in [0.25, 0.3) is 0 Å². The molecule has 4 rings (SSSR count). The van der Waals surface area contributed by atoms with Crippen molar-refractivity contribution < 1.29 is 24.2 Å². The van der Waals surface area contributed by atoms with E-state index in [1.165, 1.54) is 17.3 Å². The van der Waals surface area contributed by atoms with Crippen LogP contribution in [0.5, 0.6) is 0 Å². The normalized spacial score (nSPS) is 45.1. The number of carbonyl (C=O) groups excluding carboxylic acids is 3. The molecule has 0 aromatic carbocycles. The lowest BCUT2D eigenvalue weighted by atomic mass is 9.46. The molecule has 0 saturated heterocycles. The summed E-state index contributed by atoms with van der Waals surface area (Å²) in [5, 5.41) is 10.3. The second-order valence-electron chi connectivity index (χ2n) is 10.4. The highest BCUT2D eigenvalue weighted by molar-refractivity contribution is 7.99. The van der Waals surface area contributed by atoms with E-state index in [1.807, 2.05) is 6.26 Å². The summed E-state index contributed by atoms with van der Waals surface area (Å²) in [4.78, 5) is 37.5. The zero-order valence-corrected chi connectivity index (χ0v) is 19.3. The maximum absolute atomic E-state index is 12.9. The quantitative estimate of drug-likeness (QED) is 0.679. The molecule has 0 aromatic heterocycles. The molecule has 0 amide bonds. The van der Waals surface area contributed by atoms with E-state index >= 15 is 0 Å². The molecule has 0 aromatic rings. The highest BCUT2D eigenvalue weighted by atomic mass is 32.2. The van der Waals surface area contributed by atoms with Gasteiger partial charge in [-0.2, -0.15) is 11.8 Å². The van der Waals surface area contributed by atoms with Gasteiger partial charge in [-0.05, 0) is 87.4 Å². The molecular formula is C24H34O5S. The number of carbonyl (C=O) groups is 3. The minimum atomic E-state index is -1.02. The van der Waals surface area contributed by atoms with E-state index in [-0.39, 0.29) is 34.1 Å². The molecule has 0 aliphatic heterocycles. The second-order valence-corrected chi connectivity index (χ2v) is 11.3. The van der Waals surface area contributed by atoms with Crippen LogP contribution in [0.3, 0.4) is 0 Å². The lowest BCUT2D eigenvalue weighted by Crippen LogP contribution is -2.59. The smallest absolute Gasteiger partial charge is 0.316 e. The molecule has 0 heterocycles. The number of ether oxygens (including phenoxy) is 1. The lowest BCUT2D eigenvalue weighted by molar-refractivity contribution is -0.187. The molecule has 166 valence electrons. The highest BCUT2D eigenvalue weighted by Crippen LogP contribution is 2.68. The van der Waals surface area contributed by atoms with Crippen molar-refractivity contribution in [2.45, 2.75) is 77.4 Å². The Morgan fingerprint density at radius 3 is 2.57 bits per heavy atom. The fourth-order valence-corrected chi connectivity index (χ4v) is 8.07. The summed E-state index contributed by atoms with van der Waals surface area (Å²) in [5.41, 5.74) is -0.331. The predicted octanol–water partition coefficient (Wildman–Crippen LogP) is 3.72. The molecular weight excluding hydrogens is 400 g/mol. The molecule has 0 radical (unpaired) electrons. The molecule has 1 N–H and O–H groups in total. The van der Waals surface area contributed by atoms with Crippen molar-refractivity contribution in [3.8, 4) is 0 Å². The maximum Gasteiger partial charge on any atom is 0.316 e. The molecule has 0 spiro atoms. The molecule has 5 nitrogen and oxygen atoms in total. The Hall–Kier alpha value is -1.14. The molecule has 6 heteroatoms. The first kappa shape index (κ1) is 22.1. The summed E-state index contributed by atoms with van der Waals surface area (Å²) in [6, 6.07) is 0. The molecule has 30 heavy (non-hydrogen) atoms. The number of esters is 1. The Bertz CT molecular complexity index is 805. The Balaban J connectivity index is 1.67. The van der Waals surface area contributed by atoms with E-state index in [0.717, 1.165) is 32.1 Å². The van der Waals surface area contributed by atoms with Crippen LogP contribution in [0.15, 0.2) is 11.6 Å². The van der Waals surface area contributed by atoms with Gasteiger partial charge in [0, 0.05) is 5.41 Å². The molecule has 3 fully saturated rings. The van der Waals surface area contributed by atoms with Gasteiger partial charge in [-0.15, -0.1) is 0 Å². The zero-order chi connectivity index (χ0) is 21.9. The van der Waals surface area contributed by atoms with Crippen LogP contribution in [0, 0.1) is 28.6 Å². The Kier molecular flexibility index (Phi) is 5.50. The van der Waals surface area contributed by atoms with E-state index in [1.54, 1.807) is 13.0 Å². The van der Waals surface area contributed by atoms with Gasteiger partial charge in [0.05, 0.1) is 5.75 Å². The molecule has 7 atom stereocenters. The number of thioether (sulfide) groups is 1. The van der Waals surface area contributed by atoms with Gasteiger partial charge in [-0.25, -0.2) is 0 Å². The summed E-state index contributed by atoms with van der Waals surface area (Å²) in [7, 11) is 0. The Labute approximate surface area is 183 Å². The van der Waals surface area contributed by atoms with Crippen molar-refractivity contribution in [3.05, 3.63) is 11.6 Å². The van der Waals surface area contributed by atoms with Crippen LogP contribution in [-0.2, 0) is 19.1 Å². The molecule has 0 bridgehead atoms. The van der Waals surface area contributed by atoms with Gasteiger partial charge in [0.15, 0.2) is 17.2 Å². The minimum absolute atomic E-state index is 0.0262. The van der Waals surface area contributed by atoms with E-state index < -0.39 is 11.7 Å². The third kappa shape index (κ3) is 2.96. The summed E-state index contributed by atoms with van der Waals surface area (Å²) in [6.45, 7) is 5.97. The molecule has 3 saturated carbocycles. The molecule has 1 unspecified atom stereocenters. The Morgan fingerprint density at radius 2 is 1.90 bits per heavy atom. The lowest BCUT2D eigenvalue weighted by Gasteiger charge is -2.59. The monoisotopic (exact) mass is 434 g/mol. The van der Waals surface area contributed by atoms with Crippen LogP contribution in [0.2, 0.25) is 0 Å². The number of allylic oxidation sites excluding steroid dienone is 1. The first-order chi connectivity index (χ1) is 14.1. The Morgan fingerprint density at radius 1 is 1.20 bits per heavy atom. The number of fused-ring (bicyclic) bond motifs is 5. The first-order valence-corrected chi connectivity index (χ1v) is 12.6. The largest absolute Gasteiger partial charge is 0.450 e. The van der Waals surface area contributed by atoms with Gasteiger partial charge < -0.3 is 9.84 Å². The number of Topliss-reactive ketones (excluding diaryl/α,β-unsaturated/α-hetero) is 1. The number of ketones is 2. The van der Waals surface area contributed by atoms with Gasteiger partial charge >= 0.3 is 5.97 Å². The summed E-state index contributed by atoms with van der Waals surface area (Å²) in [6.07, 6.45) is 8.30. The van der Waals surface area contributed by atoms with Gasteiger partial charge in [-0.1, -0.05) is 19.4 Å². The number of rotatable bonds is 4. The van der Waals surface area contributed by atoms with Gasteiger partial charge in [0.1, 0.15) is 6.10 Å². The van der Waals surface area contributed by atoms with E-state index in [2.05, 4.69) is 13.8 Å². The standard InChI is InChI=1S/C24H34O5S/c1-14(25)24(29-21(28)13-30-4)10-8-18-16-6-5-15-11-19(26)20(27)12-22(15,2)17(16)7-9-23(18,24)3/h11,16-18,20,27H,5-10,12-13H2,1-4H3/t16-,17+,18+,20?,22+,23+,24+/m1/s1. The number of hydrogen-bond donors (Lipinski definition) is 1. The number of aliphatic hydroxyl groups is 1. The average molecular weight is 435 g/mol. The summed E-state index contributed by atoms with van der Waals surface area (Å²) < 4.78 is 6.01. The predicted molar refractivity (Wildman–Crippen MR) is 116 cm³/mol. The highest BCUT2D eigenvalue weighted by Gasteiger charge is 2.68. The van der Waals surface area contributed by atoms with Crippen LogP contribution >= 0.6 is 11.8 Å². The van der Waals surface area contributed by atoms with Crippen LogP contribution < -0.4 is 0 Å². The SMILES string of the molecule is CSCC(=O)O[C@]1(C(C)=O)CC[C@H]2[C@@H]3CCC4=CC(=O)C(O)C[C@]4(C)[C@H]3CC[C@@]21C. The third-order valence-electron chi connectivity index (χ3n) is 9.24. The summed E-state index contributed by atoms with van der Waals surface area (Å²) >= 11 is 1.42. The van der Waals surface area contributed by atoms with E-state index in [4.69, 9.17) is 4.74 Å². The fraction of sp³-hybridized carbons (Fsp3) is 0.792. The van der Waals surface area contributed by atoms with Crippen LogP contribution in [-0.4, -0.2) is 46.4 Å². The number of hydrogen-bond acceptors (Lipinski definition) is 6. The van der Waals surface area contributed by atoms with Crippen molar-refractivity contribution >= 4 is 29.3 Å². The van der Waals surface area contributed by atoms with Crippen LogP contribution in [0.1, 0.15) is 65.7 Å². The van der Waals surface area contributed by atoms with Crippen molar-refractivity contribution in [2.75, 3.05) is 12.0 Å². The van der Waals surface area contributed by atoms with Gasteiger partial charge in [0.25, 0.3) is 0 Å². The number of aliphatic hydroxyl groups excluding tert-OH is 1. The summed E-state index contributed by atoms with van der Waals surface area (Å²) in [5.74, 6) is 0.919. The van der Waals surface area contributed by atoms with E-state index in [9.17, 15) is 19.5 Å². The second kappa shape index (κ2) is 7.47. The van der Waals surface area contributed by atoms with Crippen LogP contribution in [0.4, 0.5) is 0 Å². The van der Waals surface area contributed by atoms with Gasteiger partial charge in [-0.3, -0.25) is 14.4 Å². The van der Waals surface area contributed by atoms with Crippen molar-refractivity contribution in [1.82, 2.24) is 0 Å².